The Kier molecular flexibility index (Phi) is 2.83. The number of aryl methyl sites for hydroxylation is 1. The fourth-order valence-corrected chi connectivity index (χ4v) is 1.76. The normalized spacial score (nSPS) is 10.2. The van der Waals surface area contributed by atoms with Gasteiger partial charge in [-0.1, -0.05) is 23.8 Å². The third kappa shape index (κ3) is 2.28. The van der Waals surface area contributed by atoms with Gasteiger partial charge >= 0.3 is 0 Å². The first kappa shape index (κ1) is 11.2. The van der Waals surface area contributed by atoms with Gasteiger partial charge in [-0.3, -0.25) is 5.41 Å². The Labute approximate surface area is 101 Å². The van der Waals surface area contributed by atoms with Gasteiger partial charge in [-0.25, -0.2) is 0 Å². The van der Waals surface area contributed by atoms with Crippen LogP contribution in [0.5, 0.6) is 0 Å². The Balaban J connectivity index is 2.44. The predicted molar refractivity (Wildman–Crippen MR) is 72.4 cm³/mol. The topological polar surface area (TPSA) is 75.9 Å². The van der Waals surface area contributed by atoms with Crippen LogP contribution in [0.25, 0.3) is 0 Å². The number of anilines is 2. The summed E-state index contributed by atoms with van der Waals surface area (Å²) in [6, 6.07) is 13.0. The zero-order valence-corrected chi connectivity index (χ0v) is 9.70. The maximum Gasteiger partial charge on any atom is 0.0705 e. The van der Waals surface area contributed by atoms with Crippen molar-refractivity contribution in [2.75, 3.05) is 11.5 Å². The molecule has 0 spiro atoms. The summed E-state index contributed by atoms with van der Waals surface area (Å²) in [6.07, 6.45) is 0. The van der Waals surface area contributed by atoms with Gasteiger partial charge in [0.1, 0.15) is 0 Å². The van der Waals surface area contributed by atoms with Gasteiger partial charge in [-0.05, 0) is 31.2 Å². The van der Waals surface area contributed by atoms with E-state index in [0.29, 0.717) is 22.6 Å². The van der Waals surface area contributed by atoms with Crippen LogP contribution in [0.3, 0.4) is 0 Å². The molecule has 0 heterocycles. The summed E-state index contributed by atoms with van der Waals surface area (Å²) in [7, 11) is 0. The third-order valence-corrected chi connectivity index (χ3v) is 2.65. The van der Waals surface area contributed by atoms with E-state index in [1.807, 2.05) is 31.2 Å². The first-order valence-electron chi connectivity index (χ1n) is 5.39. The third-order valence-electron chi connectivity index (χ3n) is 2.65. The highest BCUT2D eigenvalue weighted by atomic mass is 14.6. The molecule has 0 saturated heterocycles. The van der Waals surface area contributed by atoms with Gasteiger partial charge in [0, 0.05) is 22.5 Å². The molecule has 2 aromatic carbocycles. The Morgan fingerprint density at radius 1 is 1.06 bits per heavy atom. The van der Waals surface area contributed by atoms with Gasteiger partial charge < -0.3 is 11.5 Å². The maximum atomic E-state index is 8.16. The van der Waals surface area contributed by atoms with Crippen molar-refractivity contribution in [1.82, 2.24) is 0 Å². The van der Waals surface area contributed by atoms with E-state index in [2.05, 4.69) is 0 Å². The second kappa shape index (κ2) is 4.29. The molecule has 3 heteroatoms. The number of nitrogen functional groups attached to an aromatic ring is 2. The second-order valence-corrected chi connectivity index (χ2v) is 4.09. The number of hydrogen-bond acceptors (Lipinski definition) is 3. The van der Waals surface area contributed by atoms with Crippen molar-refractivity contribution in [3.05, 3.63) is 59.2 Å². The van der Waals surface area contributed by atoms with Crippen LogP contribution < -0.4 is 11.5 Å². The first-order chi connectivity index (χ1) is 8.08. The van der Waals surface area contributed by atoms with Gasteiger partial charge in [0.2, 0.25) is 0 Å². The van der Waals surface area contributed by atoms with Crippen LogP contribution >= 0.6 is 0 Å². The van der Waals surface area contributed by atoms with E-state index in [4.69, 9.17) is 16.9 Å². The van der Waals surface area contributed by atoms with Gasteiger partial charge in [0.25, 0.3) is 0 Å². The molecule has 0 aliphatic heterocycles. The quantitative estimate of drug-likeness (QED) is 0.542. The summed E-state index contributed by atoms with van der Waals surface area (Å²) >= 11 is 0. The van der Waals surface area contributed by atoms with E-state index in [9.17, 15) is 0 Å². The van der Waals surface area contributed by atoms with E-state index in [1.54, 1.807) is 18.2 Å². The van der Waals surface area contributed by atoms with Crippen molar-refractivity contribution < 1.29 is 0 Å². The monoisotopic (exact) mass is 225 g/mol. The SMILES string of the molecule is Cc1cccc(C(=N)c2ccc(N)cc2N)c1. The van der Waals surface area contributed by atoms with Crippen molar-refractivity contribution in [2.24, 2.45) is 0 Å². The van der Waals surface area contributed by atoms with Crippen molar-refractivity contribution >= 4 is 17.1 Å². The lowest BCUT2D eigenvalue weighted by molar-refractivity contribution is 1.41. The zero-order chi connectivity index (χ0) is 12.4. The van der Waals surface area contributed by atoms with E-state index in [1.165, 1.54) is 0 Å². The summed E-state index contributed by atoms with van der Waals surface area (Å²) in [5.41, 5.74) is 15.8. The standard InChI is InChI=1S/C14H15N3/c1-9-3-2-4-10(7-9)14(17)12-6-5-11(15)8-13(12)16/h2-8,17H,15-16H2,1H3. The summed E-state index contributed by atoms with van der Waals surface area (Å²) < 4.78 is 0. The minimum absolute atomic E-state index is 0.422. The molecule has 0 radical (unpaired) electrons. The summed E-state index contributed by atoms with van der Waals surface area (Å²) in [5, 5.41) is 8.16. The van der Waals surface area contributed by atoms with Crippen LogP contribution in [-0.2, 0) is 0 Å². The Morgan fingerprint density at radius 2 is 1.82 bits per heavy atom. The summed E-state index contributed by atoms with van der Waals surface area (Å²) in [4.78, 5) is 0. The van der Waals surface area contributed by atoms with Crippen LogP contribution in [0.15, 0.2) is 42.5 Å². The Hall–Kier alpha value is -2.29. The average Bonchev–Trinajstić information content (AvgIpc) is 2.28. The number of nitrogens with two attached hydrogens (primary N) is 2. The number of nitrogens with one attached hydrogen (secondary N) is 1. The molecule has 0 amide bonds. The lowest BCUT2D eigenvalue weighted by Gasteiger charge is -2.09. The molecule has 0 saturated carbocycles. The summed E-state index contributed by atoms with van der Waals surface area (Å²) in [5.74, 6) is 0. The minimum atomic E-state index is 0.422. The highest BCUT2D eigenvalue weighted by Crippen LogP contribution is 2.19. The van der Waals surface area contributed by atoms with E-state index >= 15 is 0 Å². The van der Waals surface area contributed by atoms with Gasteiger partial charge in [0.05, 0.1) is 5.71 Å². The van der Waals surface area contributed by atoms with Crippen LogP contribution in [0.2, 0.25) is 0 Å². The summed E-state index contributed by atoms with van der Waals surface area (Å²) in [6.45, 7) is 2.00. The lowest BCUT2D eigenvalue weighted by Crippen LogP contribution is -2.06. The van der Waals surface area contributed by atoms with Crippen LogP contribution in [0, 0.1) is 12.3 Å². The van der Waals surface area contributed by atoms with Crippen molar-refractivity contribution in [2.45, 2.75) is 6.92 Å². The van der Waals surface area contributed by atoms with Crippen LogP contribution in [-0.4, -0.2) is 5.71 Å². The second-order valence-electron chi connectivity index (χ2n) is 4.09. The minimum Gasteiger partial charge on any atom is -0.399 e. The number of benzene rings is 2. The highest BCUT2D eigenvalue weighted by molar-refractivity contribution is 6.14. The van der Waals surface area contributed by atoms with Gasteiger partial charge in [0.15, 0.2) is 0 Å². The largest absolute Gasteiger partial charge is 0.399 e. The molecule has 0 unspecified atom stereocenters. The van der Waals surface area contributed by atoms with Crippen molar-refractivity contribution in [3.63, 3.8) is 0 Å². The van der Waals surface area contributed by atoms with E-state index < -0.39 is 0 Å². The molecule has 5 N–H and O–H groups in total. The molecule has 0 bridgehead atoms. The van der Waals surface area contributed by atoms with E-state index in [-0.39, 0.29) is 0 Å². The molecule has 3 nitrogen and oxygen atoms in total. The first-order valence-corrected chi connectivity index (χ1v) is 5.39. The molecule has 0 aromatic heterocycles. The molecular weight excluding hydrogens is 210 g/mol. The molecule has 2 aromatic rings. The molecule has 0 atom stereocenters. The fraction of sp³-hybridized carbons (Fsp3) is 0.0714. The van der Waals surface area contributed by atoms with Crippen LogP contribution in [0.4, 0.5) is 11.4 Å². The van der Waals surface area contributed by atoms with Crippen LogP contribution in [0.1, 0.15) is 16.7 Å². The smallest absolute Gasteiger partial charge is 0.0705 e. The van der Waals surface area contributed by atoms with Gasteiger partial charge in [-0.15, -0.1) is 0 Å². The highest BCUT2D eigenvalue weighted by Gasteiger charge is 2.08. The van der Waals surface area contributed by atoms with Gasteiger partial charge in [-0.2, -0.15) is 0 Å². The molecule has 0 fully saturated rings. The fourth-order valence-electron chi connectivity index (χ4n) is 1.76. The average molecular weight is 225 g/mol. The molecular formula is C14H15N3. The lowest BCUT2D eigenvalue weighted by atomic mass is 9.99. The zero-order valence-electron chi connectivity index (χ0n) is 9.70. The molecule has 17 heavy (non-hydrogen) atoms. The molecule has 86 valence electrons. The Morgan fingerprint density at radius 3 is 2.47 bits per heavy atom. The van der Waals surface area contributed by atoms with Crippen molar-refractivity contribution in [1.29, 1.82) is 5.41 Å². The van der Waals surface area contributed by atoms with E-state index in [0.717, 1.165) is 11.1 Å². The van der Waals surface area contributed by atoms with Crippen molar-refractivity contribution in [3.8, 4) is 0 Å². The Bertz CT molecular complexity index is 573. The molecule has 0 aliphatic carbocycles. The maximum absolute atomic E-state index is 8.16. The molecule has 0 aliphatic rings. The molecule has 2 rings (SSSR count). The number of rotatable bonds is 2. The number of hydrogen-bond donors (Lipinski definition) is 3. The predicted octanol–water partition coefficient (Wildman–Crippen LogP) is 2.58.